The van der Waals surface area contributed by atoms with Gasteiger partial charge in [-0.05, 0) is 19.9 Å². The van der Waals surface area contributed by atoms with Gasteiger partial charge in [0.1, 0.15) is 9.84 Å². The molecule has 0 aliphatic carbocycles. The number of nitrogens with zero attached hydrogens (tertiary/aromatic N) is 1. The molecule has 0 radical (unpaired) electrons. The molecule has 1 aliphatic rings. The Hall–Kier alpha value is -0.170. The first kappa shape index (κ1) is 13.9. The van der Waals surface area contributed by atoms with E-state index in [1.54, 1.807) is 0 Å². The molecule has 0 saturated carbocycles. The molecule has 0 aromatic heterocycles. The van der Waals surface area contributed by atoms with Crippen LogP contribution in [-0.4, -0.2) is 68.9 Å². The Morgan fingerprint density at radius 1 is 1.44 bits per heavy atom. The van der Waals surface area contributed by atoms with Crippen molar-refractivity contribution in [3.8, 4) is 0 Å². The summed E-state index contributed by atoms with van der Waals surface area (Å²) in [5, 5.41) is 9.03. The SMILES string of the molecule is CC1CN(CCCS(C)(=O)=O)CC(CO)O1. The highest BCUT2D eigenvalue weighted by Gasteiger charge is 2.24. The maximum atomic E-state index is 11.0. The van der Waals surface area contributed by atoms with Crippen molar-refractivity contribution in [3.63, 3.8) is 0 Å². The number of aliphatic hydroxyl groups excluding tert-OH is 1. The first-order valence-corrected chi connectivity index (χ1v) is 7.63. The van der Waals surface area contributed by atoms with Gasteiger partial charge in [0.15, 0.2) is 0 Å². The Labute approximate surface area is 97.3 Å². The zero-order valence-electron chi connectivity index (χ0n) is 9.92. The second-order valence-electron chi connectivity index (χ2n) is 4.49. The molecule has 2 unspecified atom stereocenters. The predicted octanol–water partition coefficient (Wildman–Crippen LogP) is -0.497. The van der Waals surface area contributed by atoms with Gasteiger partial charge in [-0.3, -0.25) is 4.90 Å². The summed E-state index contributed by atoms with van der Waals surface area (Å²) in [5.41, 5.74) is 0. The van der Waals surface area contributed by atoms with Crippen LogP contribution in [0.3, 0.4) is 0 Å². The number of rotatable bonds is 5. The zero-order chi connectivity index (χ0) is 12.2. The van der Waals surface area contributed by atoms with Crippen LogP contribution in [0.15, 0.2) is 0 Å². The first-order valence-electron chi connectivity index (χ1n) is 5.57. The van der Waals surface area contributed by atoms with Crippen LogP contribution >= 0.6 is 0 Å². The van der Waals surface area contributed by atoms with Gasteiger partial charge >= 0.3 is 0 Å². The Morgan fingerprint density at radius 2 is 2.12 bits per heavy atom. The van der Waals surface area contributed by atoms with Crippen LogP contribution in [0.4, 0.5) is 0 Å². The summed E-state index contributed by atoms with van der Waals surface area (Å²) in [7, 11) is -2.86. The van der Waals surface area contributed by atoms with Crippen molar-refractivity contribution in [2.75, 3.05) is 38.2 Å². The van der Waals surface area contributed by atoms with Crippen molar-refractivity contribution in [1.82, 2.24) is 4.90 Å². The van der Waals surface area contributed by atoms with Crippen molar-refractivity contribution in [2.24, 2.45) is 0 Å². The lowest BCUT2D eigenvalue weighted by molar-refractivity contribution is -0.0948. The standard InChI is InChI=1S/C10H21NO4S/c1-9-6-11(7-10(8-12)15-9)4-3-5-16(2,13)14/h9-10,12H,3-8H2,1-2H3. The molecule has 0 aromatic rings. The van der Waals surface area contributed by atoms with Gasteiger partial charge in [0.2, 0.25) is 0 Å². The molecule has 6 heteroatoms. The number of morpholine rings is 1. The maximum absolute atomic E-state index is 11.0. The van der Waals surface area contributed by atoms with Crippen molar-refractivity contribution >= 4 is 9.84 Å². The van der Waals surface area contributed by atoms with Gasteiger partial charge in [0.25, 0.3) is 0 Å². The molecule has 1 fully saturated rings. The Bertz CT molecular complexity index is 304. The first-order chi connectivity index (χ1) is 7.40. The molecule has 2 atom stereocenters. The summed E-state index contributed by atoms with van der Waals surface area (Å²) in [6.45, 7) is 4.22. The van der Waals surface area contributed by atoms with E-state index in [9.17, 15) is 8.42 Å². The lowest BCUT2D eigenvalue weighted by Gasteiger charge is -2.36. The van der Waals surface area contributed by atoms with Crippen LogP contribution in [0, 0.1) is 0 Å². The molecule has 0 bridgehead atoms. The number of aliphatic hydroxyl groups is 1. The van der Waals surface area contributed by atoms with E-state index in [1.807, 2.05) is 6.92 Å². The molecule has 96 valence electrons. The third-order valence-electron chi connectivity index (χ3n) is 2.60. The average Bonchev–Trinajstić information content (AvgIpc) is 2.14. The van der Waals surface area contributed by atoms with Gasteiger partial charge in [-0.2, -0.15) is 0 Å². The fourth-order valence-corrected chi connectivity index (χ4v) is 2.63. The van der Waals surface area contributed by atoms with Gasteiger partial charge in [0, 0.05) is 19.3 Å². The molecular weight excluding hydrogens is 230 g/mol. The van der Waals surface area contributed by atoms with Crippen LogP contribution in [0.25, 0.3) is 0 Å². The summed E-state index contributed by atoms with van der Waals surface area (Å²) in [6, 6.07) is 0. The molecule has 0 amide bonds. The summed E-state index contributed by atoms with van der Waals surface area (Å²) in [6.07, 6.45) is 1.86. The zero-order valence-corrected chi connectivity index (χ0v) is 10.7. The van der Waals surface area contributed by atoms with Crippen molar-refractivity contribution in [3.05, 3.63) is 0 Å². The molecule has 1 saturated heterocycles. The smallest absolute Gasteiger partial charge is 0.147 e. The van der Waals surface area contributed by atoms with Crippen molar-refractivity contribution in [1.29, 1.82) is 0 Å². The van der Waals surface area contributed by atoms with E-state index in [2.05, 4.69) is 4.90 Å². The average molecular weight is 251 g/mol. The van der Waals surface area contributed by atoms with Gasteiger partial charge in [-0.15, -0.1) is 0 Å². The van der Waals surface area contributed by atoms with Crippen molar-refractivity contribution < 1.29 is 18.3 Å². The highest BCUT2D eigenvalue weighted by molar-refractivity contribution is 7.90. The van der Waals surface area contributed by atoms with E-state index >= 15 is 0 Å². The largest absolute Gasteiger partial charge is 0.394 e. The molecule has 0 aromatic carbocycles. The van der Waals surface area contributed by atoms with Crippen LogP contribution in [0.2, 0.25) is 0 Å². The van der Waals surface area contributed by atoms with E-state index in [1.165, 1.54) is 6.26 Å². The molecule has 16 heavy (non-hydrogen) atoms. The van der Waals surface area contributed by atoms with Gasteiger partial charge in [-0.1, -0.05) is 0 Å². The minimum atomic E-state index is -2.86. The summed E-state index contributed by atoms with van der Waals surface area (Å²) in [5.74, 6) is 0.225. The fraction of sp³-hybridized carbons (Fsp3) is 1.00. The van der Waals surface area contributed by atoms with Crippen LogP contribution < -0.4 is 0 Å². The molecule has 0 spiro atoms. The third-order valence-corrected chi connectivity index (χ3v) is 3.63. The van der Waals surface area contributed by atoms with Gasteiger partial charge in [-0.25, -0.2) is 8.42 Å². The molecule has 5 nitrogen and oxygen atoms in total. The Kier molecular flexibility index (Phi) is 5.17. The second kappa shape index (κ2) is 5.95. The quantitative estimate of drug-likeness (QED) is 0.714. The molecule has 1 N–H and O–H groups in total. The lowest BCUT2D eigenvalue weighted by Crippen LogP contribution is -2.48. The number of hydrogen-bond donors (Lipinski definition) is 1. The van der Waals surface area contributed by atoms with Crippen LogP contribution in [0.1, 0.15) is 13.3 Å². The van der Waals surface area contributed by atoms with E-state index in [0.29, 0.717) is 13.0 Å². The number of sulfone groups is 1. The molecule has 1 aliphatic heterocycles. The number of hydrogen-bond acceptors (Lipinski definition) is 5. The molecule has 1 rings (SSSR count). The van der Waals surface area contributed by atoms with Crippen LogP contribution in [-0.2, 0) is 14.6 Å². The van der Waals surface area contributed by atoms with E-state index in [0.717, 1.165) is 13.1 Å². The molecule has 1 heterocycles. The van der Waals surface area contributed by atoms with E-state index < -0.39 is 9.84 Å². The fourth-order valence-electron chi connectivity index (χ4n) is 1.97. The summed E-state index contributed by atoms with van der Waals surface area (Å²) in [4.78, 5) is 2.15. The van der Waals surface area contributed by atoms with Gasteiger partial charge < -0.3 is 9.84 Å². The van der Waals surface area contributed by atoms with Crippen LogP contribution in [0.5, 0.6) is 0 Å². The topological polar surface area (TPSA) is 66.8 Å². The summed E-state index contributed by atoms with van der Waals surface area (Å²) < 4.78 is 27.5. The second-order valence-corrected chi connectivity index (χ2v) is 6.75. The maximum Gasteiger partial charge on any atom is 0.147 e. The highest BCUT2D eigenvalue weighted by Crippen LogP contribution is 2.11. The predicted molar refractivity (Wildman–Crippen MR) is 62.2 cm³/mol. The normalized spacial score (nSPS) is 28.2. The van der Waals surface area contributed by atoms with E-state index in [-0.39, 0.29) is 24.6 Å². The summed E-state index contributed by atoms with van der Waals surface area (Å²) >= 11 is 0. The minimum absolute atomic E-state index is 0.0208. The lowest BCUT2D eigenvalue weighted by atomic mass is 10.2. The Balaban J connectivity index is 2.31. The minimum Gasteiger partial charge on any atom is -0.394 e. The van der Waals surface area contributed by atoms with E-state index in [4.69, 9.17) is 9.84 Å². The van der Waals surface area contributed by atoms with Gasteiger partial charge in [0.05, 0.1) is 24.6 Å². The Morgan fingerprint density at radius 3 is 2.69 bits per heavy atom. The highest BCUT2D eigenvalue weighted by atomic mass is 32.2. The monoisotopic (exact) mass is 251 g/mol. The molecular formula is C10H21NO4S. The van der Waals surface area contributed by atoms with Crippen molar-refractivity contribution in [2.45, 2.75) is 25.6 Å². The number of ether oxygens (including phenoxy) is 1. The third kappa shape index (κ3) is 5.25.